The molecule has 5 aromatic rings. The second-order valence-electron chi connectivity index (χ2n) is 8.20. The molecule has 1 N–H and O–H groups in total. The quantitative estimate of drug-likeness (QED) is 0.401. The zero-order valence-electron chi connectivity index (χ0n) is 17.8. The van der Waals surface area contributed by atoms with Crippen LogP contribution in [0.5, 0.6) is 0 Å². The van der Waals surface area contributed by atoms with Gasteiger partial charge in [-0.05, 0) is 12.1 Å². The summed E-state index contributed by atoms with van der Waals surface area (Å²) in [6.07, 6.45) is 1.93. The summed E-state index contributed by atoms with van der Waals surface area (Å²) in [5.74, 6) is -0.0854. The molecule has 0 aliphatic carbocycles. The van der Waals surface area contributed by atoms with E-state index in [4.69, 9.17) is 0 Å². The minimum absolute atomic E-state index is 0.0854. The van der Waals surface area contributed by atoms with E-state index in [1.54, 1.807) is 0 Å². The molecule has 1 aromatic heterocycles. The molecule has 33 heavy (non-hydrogen) atoms. The lowest BCUT2D eigenvalue weighted by molar-refractivity contribution is -0.117. The summed E-state index contributed by atoms with van der Waals surface area (Å²) in [5, 5.41) is 6.18. The normalized spacial score (nSPS) is 15.4. The van der Waals surface area contributed by atoms with Gasteiger partial charge in [0.25, 0.3) is 5.91 Å². The standard InChI is InChI=1S/C28H21N2O2P/c31-28-27(22-15-7-9-17-24(22)29-28)30-19-26(23-16-8-10-18-25(23)30)33(32,20-11-3-1-4-12-20)21-13-5-2-6-14-21/h1-19,27H,(H,29,31). The lowest BCUT2D eigenvalue weighted by atomic mass is 10.1. The topological polar surface area (TPSA) is 51.1 Å². The van der Waals surface area contributed by atoms with E-state index >= 15 is 4.57 Å². The van der Waals surface area contributed by atoms with Crippen molar-refractivity contribution >= 4 is 45.6 Å². The van der Waals surface area contributed by atoms with Crippen LogP contribution in [0.3, 0.4) is 0 Å². The van der Waals surface area contributed by atoms with Gasteiger partial charge in [0.05, 0.1) is 0 Å². The zero-order chi connectivity index (χ0) is 22.4. The number of hydrogen-bond donors (Lipinski definition) is 1. The summed E-state index contributed by atoms with van der Waals surface area (Å²) < 4.78 is 17.1. The van der Waals surface area contributed by atoms with E-state index in [1.165, 1.54) is 0 Å². The van der Waals surface area contributed by atoms with E-state index in [0.717, 1.165) is 38.1 Å². The van der Waals surface area contributed by atoms with Crippen molar-refractivity contribution in [3.63, 3.8) is 0 Å². The maximum atomic E-state index is 15.1. The summed E-state index contributed by atoms with van der Waals surface area (Å²) in [6.45, 7) is 0. The Bertz CT molecular complexity index is 1500. The number of carbonyl (C=O) groups is 1. The van der Waals surface area contributed by atoms with Gasteiger partial charge in [0.15, 0.2) is 7.14 Å². The van der Waals surface area contributed by atoms with Crippen molar-refractivity contribution in [1.29, 1.82) is 0 Å². The molecule has 0 bridgehead atoms. The first-order valence-electron chi connectivity index (χ1n) is 10.9. The van der Waals surface area contributed by atoms with Crippen molar-refractivity contribution in [2.45, 2.75) is 6.04 Å². The van der Waals surface area contributed by atoms with Gasteiger partial charge in [0, 0.05) is 44.3 Å². The minimum atomic E-state index is -3.20. The van der Waals surface area contributed by atoms with E-state index in [0.29, 0.717) is 0 Å². The fourth-order valence-electron chi connectivity index (χ4n) is 4.82. The molecule has 5 heteroatoms. The number of anilines is 1. The Balaban J connectivity index is 1.66. The molecule has 6 rings (SSSR count). The molecule has 0 saturated carbocycles. The van der Waals surface area contributed by atoms with Crippen molar-refractivity contribution in [3.05, 3.63) is 121 Å². The average molecular weight is 448 g/mol. The van der Waals surface area contributed by atoms with Gasteiger partial charge >= 0.3 is 0 Å². The molecule has 0 radical (unpaired) electrons. The summed E-state index contributed by atoms with van der Waals surface area (Å²) >= 11 is 0. The van der Waals surface area contributed by atoms with Gasteiger partial charge in [0.1, 0.15) is 6.04 Å². The van der Waals surface area contributed by atoms with Crippen LogP contribution in [0.1, 0.15) is 11.6 Å². The maximum Gasteiger partial charge on any atom is 0.252 e. The van der Waals surface area contributed by atoms with Crippen molar-refractivity contribution in [1.82, 2.24) is 4.57 Å². The first-order valence-corrected chi connectivity index (χ1v) is 12.6. The summed E-state index contributed by atoms with van der Waals surface area (Å²) in [6, 6.07) is 34.4. The van der Waals surface area contributed by atoms with E-state index in [2.05, 4.69) is 5.32 Å². The number of amides is 1. The first-order chi connectivity index (χ1) is 16.2. The fraction of sp³-hybridized carbons (Fsp3) is 0.0357. The number of benzene rings is 4. The van der Waals surface area contributed by atoms with Crippen LogP contribution in [0.15, 0.2) is 115 Å². The van der Waals surface area contributed by atoms with Crippen LogP contribution < -0.4 is 21.2 Å². The van der Waals surface area contributed by atoms with Crippen LogP contribution in [0.4, 0.5) is 5.69 Å². The highest BCUT2D eigenvalue weighted by atomic mass is 31.2. The fourth-order valence-corrected chi connectivity index (χ4v) is 7.68. The molecule has 2 heterocycles. The first kappa shape index (κ1) is 19.8. The van der Waals surface area contributed by atoms with Crippen molar-refractivity contribution in [3.8, 4) is 0 Å². The largest absolute Gasteiger partial charge is 0.330 e. The van der Waals surface area contributed by atoms with Gasteiger partial charge in [-0.15, -0.1) is 0 Å². The number of nitrogens with one attached hydrogen (secondary N) is 1. The average Bonchev–Trinajstić information content (AvgIpc) is 3.41. The van der Waals surface area contributed by atoms with Gasteiger partial charge < -0.3 is 14.4 Å². The third-order valence-electron chi connectivity index (χ3n) is 6.34. The molecule has 160 valence electrons. The Hall–Kier alpha value is -3.88. The summed E-state index contributed by atoms with van der Waals surface area (Å²) in [7, 11) is -3.20. The third-order valence-corrected chi connectivity index (χ3v) is 9.42. The molecule has 1 unspecified atom stereocenters. The SMILES string of the molecule is O=C1Nc2ccccc2C1n1cc(P(=O)(c2ccccc2)c2ccccc2)c2ccccc21. The van der Waals surface area contributed by atoms with Crippen LogP contribution in [0.25, 0.3) is 10.9 Å². The smallest absolute Gasteiger partial charge is 0.252 e. The van der Waals surface area contributed by atoms with Crippen LogP contribution in [0.2, 0.25) is 0 Å². The van der Waals surface area contributed by atoms with E-state index < -0.39 is 13.2 Å². The minimum Gasteiger partial charge on any atom is -0.330 e. The second kappa shape index (κ2) is 7.61. The van der Waals surface area contributed by atoms with Crippen molar-refractivity contribution in [2.24, 2.45) is 0 Å². The Morgan fingerprint density at radius 1 is 0.697 bits per heavy atom. The highest BCUT2D eigenvalue weighted by Crippen LogP contribution is 2.46. The Morgan fingerprint density at radius 3 is 1.97 bits per heavy atom. The molecule has 0 fully saturated rings. The monoisotopic (exact) mass is 448 g/mol. The number of nitrogens with zero attached hydrogens (tertiary/aromatic N) is 1. The Kier molecular flexibility index (Phi) is 4.56. The molecule has 1 aliphatic heterocycles. The maximum absolute atomic E-state index is 15.1. The predicted octanol–water partition coefficient (Wildman–Crippen LogP) is 4.82. The van der Waals surface area contributed by atoms with Gasteiger partial charge in [-0.3, -0.25) is 4.79 Å². The lowest BCUT2D eigenvalue weighted by Gasteiger charge is -2.19. The molecule has 1 atom stereocenters. The highest BCUT2D eigenvalue weighted by Gasteiger charge is 2.37. The third kappa shape index (κ3) is 2.99. The Morgan fingerprint density at radius 2 is 1.27 bits per heavy atom. The summed E-state index contributed by atoms with van der Waals surface area (Å²) in [5.41, 5.74) is 2.63. The predicted molar refractivity (Wildman–Crippen MR) is 135 cm³/mol. The van der Waals surface area contributed by atoms with Crippen LogP contribution >= 0.6 is 7.14 Å². The molecule has 0 spiro atoms. The van der Waals surface area contributed by atoms with Crippen LogP contribution in [-0.4, -0.2) is 10.5 Å². The molecule has 4 nitrogen and oxygen atoms in total. The van der Waals surface area contributed by atoms with Crippen molar-refractivity contribution in [2.75, 3.05) is 5.32 Å². The van der Waals surface area contributed by atoms with Gasteiger partial charge in [-0.25, -0.2) is 0 Å². The number of hydrogen-bond acceptors (Lipinski definition) is 2. The number of carbonyl (C=O) groups excluding carboxylic acids is 1. The van der Waals surface area contributed by atoms with Crippen LogP contribution in [0, 0.1) is 0 Å². The van der Waals surface area contributed by atoms with Gasteiger partial charge in [-0.1, -0.05) is 97.1 Å². The zero-order valence-corrected chi connectivity index (χ0v) is 18.7. The second-order valence-corrected chi connectivity index (χ2v) is 10.9. The van der Waals surface area contributed by atoms with Crippen LogP contribution in [-0.2, 0) is 9.36 Å². The molecular formula is C28H21N2O2P. The number of rotatable bonds is 4. The molecule has 0 saturated heterocycles. The molecule has 4 aromatic carbocycles. The molecular weight excluding hydrogens is 427 g/mol. The van der Waals surface area contributed by atoms with E-state index in [-0.39, 0.29) is 5.91 Å². The molecule has 1 aliphatic rings. The van der Waals surface area contributed by atoms with E-state index in [1.807, 2.05) is 120 Å². The summed E-state index contributed by atoms with van der Waals surface area (Å²) in [4.78, 5) is 13.1. The number of para-hydroxylation sites is 2. The Labute approximate surface area is 191 Å². The van der Waals surface area contributed by atoms with Crippen molar-refractivity contribution < 1.29 is 9.36 Å². The highest BCUT2D eigenvalue weighted by molar-refractivity contribution is 7.85. The molecule has 1 amide bonds. The number of fused-ring (bicyclic) bond motifs is 2. The van der Waals surface area contributed by atoms with Gasteiger partial charge in [0.2, 0.25) is 0 Å². The number of aromatic nitrogens is 1. The van der Waals surface area contributed by atoms with E-state index in [9.17, 15) is 4.79 Å². The lowest BCUT2D eigenvalue weighted by Crippen LogP contribution is -2.25. The van der Waals surface area contributed by atoms with Gasteiger partial charge in [-0.2, -0.15) is 0 Å².